The van der Waals surface area contributed by atoms with Crippen molar-refractivity contribution in [2.45, 2.75) is 19.8 Å². The molecule has 0 saturated heterocycles. The van der Waals surface area contributed by atoms with Crippen LogP contribution in [-0.2, 0) is 16.0 Å². The lowest BCUT2D eigenvalue weighted by Crippen LogP contribution is -2.37. The maximum atomic E-state index is 13.9. The lowest BCUT2D eigenvalue weighted by molar-refractivity contribution is -0.147. The van der Waals surface area contributed by atoms with Crippen LogP contribution in [0.2, 0.25) is 0 Å². The van der Waals surface area contributed by atoms with Crippen LogP contribution in [-0.4, -0.2) is 22.2 Å². The molecule has 1 aromatic carbocycles. The Morgan fingerprint density at radius 1 is 1.23 bits per heavy atom. The van der Waals surface area contributed by atoms with Crippen LogP contribution in [0, 0.1) is 17.0 Å². The summed E-state index contributed by atoms with van der Waals surface area (Å²) in [6.07, 6.45) is 2.13. The minimum absolute atomic E-state index is 0.0789. The van der Waals surface area contributed by atoms with E-state index in [1.807, 2.05) is 0 Å². The van der Waals surface area contributed by atoms with Gasteiger partial charge in [0.25, 0.3) is 0 Å². The first kappa shape index (κ1) is 15.9. The highest BCUT2D eigenvalue weighted by atomic mass is 19.2. The predicted molar refractivity (Wildman–Crippen MR) is 74.2 cm³/mol. The Balaban J connectivity index is 2.49. The second-order valence-electron chi connectivity index (χ2n) is 5.30. The molecule has 116 valence electrons. The van der Waals surface area contributed by atoms with Crippen LogP contribution >= 0.6 is 0 Å². The molecule has 0 radical (unpaired) electrons. The van der Waals surface area contributed by atoms with E-state index in [2.05, 4.69) is 0 Å². The van der Waals surface area contributed by atoms with Crippen LogP contribution in [0.15, 0.2) is 41.5 Å². The molecule has 1 aliphatic rings. The molecule has 1 aromatic rings. The van der Waals surface area contributed by atoms with Crippen LogP contribution in [0.4, 0.5) is 8.78 Å². The van der Waals surface area contributed by atoms with E-state index in [-0.39, 0.29) is 24.0 Å². The van der Waals surface area contributed by atoms with Crippen molar-refractivity contribution >= 4 is 11.9 Å². The van der Waals surface area contributed by atoms with Gasteiger partial charge in [-0.05, 0) is 31.4 Å². The molecule has 0 saturated carbocycles. The number of rotatable bonds is 4. The second kappa shape index (κ2) is 5.71. The molecule has 0 amide bonds. The van der Waals surface area contributed by atoms with Crippen LogP contribution in [0.3, 0.4) is 0 Å². The molecule has 0 fully saturated rings. The average molecular weight is 308 g/mol. The van der Waals surface area contributed by atoms with Gasteiger partial charge in [-0.2, -0.15) is 0 Å². The van der Waals surface area contributed by atoms with Crippen molar-refractivity contribution in [1.82, 2.24) is 0 Å². The zero-order valence-electron chi connectivity index (χ0n) is 11.8. The summed E-state index contributed by atoms with van der Waals surface area (Å²) >= 11 is 0. The molecule has 6 heteroatoms. The summed E-state index contributed by atoms with van der Waals surface area (Å²) in [5, 5.41) is 18.7. The Bertz CT molecular complexity index is 706. The zero-order chi connectivity index (χ0) is 16.5. The van der Waals surface area contributed by atoms with Gasteiger partial charge in [0.05, 0.1) is 5.41 Å². The highest BCUT2D eigenvalue weighted by Gasteiger charge is 2.44. The number of hydrogen-bond acceptors (Lipinski definition) is 2. The van der Waals surface area contributed by atoms with Crippen molar-refractivity contribution in [2.24, 2.45) is 5.41 Å². The van der Waals surface area contributed by atoms with Gasteiger partial charge in [0.15, 0.2) is 11.6 Å². The third-order valence-electron chi connectivity index (χ3n) is 3.99. The minimum Gasteiger partial charge on any atom is -0.481 e. The van der Waals surface area contributed by atoms with Gasteiger partial charge in [0.2, 0.25) is 0 Å². The lowest BCUT2D eigenvalue weighted by Gasteiger charge is -2.33. The summed E-state index contributed by atoms with van der Waals surface area (Å²) in [5.74, 6) is -4.67. The minimum atomic E-state index is -1.60. The second-order valence-corrected chi connectivity index (χ2v) is 5.30. The SMILES string of the molecule is CC1=CC=C(C(=O)O)CC1(Cc1cccc(F)c1F)C(=O)O. The normalized spacial score (nSPS) is 21.0. The number of allylic oxidation sites excluding steroid dienone is 2. The quantitative estimate of drug-likeness (QED) is 0.897. The van der Waals surface area contributed by atoms with Gasteiger partial charge in [-0.1, -0.05) is 29.9 Å². The zero-order valence-corrected chi connectivity index (χ0v) is 11.8. The first-order valence-corrected chi connectivity index (χ1v) is 6.55. The predicted octanol–water partition coefficient (Wildman–Crippen LogP) is 2.94. The van der Waals surface area contributed by atoms with Gasteiger partial charge in [0, 0.05) is 5.57 Å². The summed E-state index contributed by atoms with van der Waals surface area (Å²) in [6, 6.07) is 3.53. The van der Waals surface area contributed by atoms with Gasteiger partial charge in [-0.15, -0.1) is 0 Å². The number of carbonyl (C=O) groups is 2. The lowest BCUT2D eigenvalue weighted by atomic mass is 9.69. The monoisotopic (exact) mass is 308 g/mol. The van der Waals surface area contributed by atoms with E-state index in [9.17, 15) is 23.5 Å². The molecule has 4 nitrogen and oxygen atoms in total. The summed E-state index contributed by atoms with van der Waals surface area (Å²) in [4.78, 5) is 22.9. The van der Waals surface area contributed by atoms with E-state index in [1.54, 1.807) is 6.92 Å². The number of benzene rings is 1. The first-order chi connectivity index (χ1) is 10.3. The molecular weight excluding hydrogens is 294 g/mol. The highest BCUT2D eigenvalue weighted by Crippen LogP contribution is 2.41. The van der Waals surface area contributed by atoms with Crippen molar-refractivity contribution in [3.8, 4) is 0 Å². The number of carboxylic acid groups (broad SMARTS) is 2. The fourth-order valence-corrected chi connectivity index (χ4v) is 2.59. The maximum absolute atomic E-state index is 13.9. The van der Waals surface area contributed by atoms with E-state index >= 15 is 0 Å². The number of halogens is 2. The van der Waals surface area contributed by atoms with Gasteiger partial charge in [-0.25, -0.2) is 13.6 Å². The number of carboxylic acids is 2. The van der Waals surface area contributed by atoms with Gasteiger partial charge < -0.3 is 10.2 Å². The summed E-state index contributed by atoms with van der Waals surface area (Å²) < 4.78 is 27.2. The Hall–Kier alpha value is -2.50. The molecule has 2 N–H and O–H groups in total. The molecule has 0 aliphatic heterocycles. The molecule has 0 aromatic heterocycles. The molecule has 2 rings (SSSR count). The van der Waals surface area contributed by atoms with E-state index in [0.29, 0.717) is 5.57 Å². The molecule has 1 unspecified atom stereocenters. The Labute approximate surface area is 125 Å². The van der Waals surface area contributed by atoms with Gasteiger partial charge >= 0.3 is 11.9 Å². The van der Waals surface area contributed by atoms with E-state index < -0.39 is 29.0 Å². The third-order valence-corrected chi connectivity index (χ3v) is 3.99. The fraction of sp³-hybridized carbons (Fsp3) is 0.250. The first-order valence-electron chi connectivity index (χ1n) is 6.55. The smallest absolute Gasteiger partial charge is 0.331 e. The Kier molecular flexibility index (Phi) is 4.12. The van der Waals surface area contributed by atoms with Crippen molar-refractivity contribution in [3.63, 3.8) is 0 Å². The largest absolute Gasteiger partial charge is 0.481 e. The van der Waals surface area contributed by atoms with Crippen molar-refractivity contribution in [2.75, 3.05) is 0 Å². The van der Waals surface area contributed by atoms with E-state index in [1.165, 1.54) is 24.3 Å². The van der Waals surface area contributed by atoms with Gasteiger partial charge in [-0.3, -0.25) is 4.79 Å². The standard InChI is InChI=1S/C16H14F2O4/c1-9-5-6-11(14(19)20)8-16(9,15(21)22)7-10-3-2-4-12(17)13(10)18/h2-6H,7-8H2,1H3,(H,19,20)(H,21,22). The van der Waals surface area contributed by atoms with E-state index in [0.717, 1.165) is 6.07 Å². The highest BCUT2D eigenvalue weighted by molar-refractivity contribution is 5.91. The summed E-state index contributed by atoms with van der Waals surface area (Å²) in [5.41, 5.74) is -1.38. The van der Waals surface area contributed by atoms with Crippen molar-refractivity contribution in [1.29, 1.82) is 0 Å². The van der Waals surface area contributed by atoms with Crippen molar-refractivity contribution in [3.05, 3.63) is 58.7 Å². The topological polar surface area (TPSA) is 74.6 Å². The molecule has 1 aliphatic carbocycles. The maximum Gasteiger partial charge on any atom is 0.331 e. The molecule has 0 bridgehead atoms. The van der Waals surface area contributed by atoms with Crippen LogP contribution in [0.5, 0.6) is 0 Å². The summed E-state index contributed by atoms with van der Waals surface area (Å²) in [6.45, 7) is 1.54. The number of aliphatic carboxylic acids is 2. The molecular formula is C16H14F2O4. The average Bonchev–Trinajstić information content (AvgIpc) is 2.45. The third kappa shape index (κ3) is 2.64. The van der Waals surface area contributed by atoms with E-state index in [4.69, 9.17) is 5.11 Å². The van der Waals surface area contributed by atoms with Crippen LogP contribution in [0.1, 0.15) is 18.9 Å². The summed E-state index contributed by atoms with van der Waals surface area (Å²) in [7, 11) is 0. The van der Waals surface area contributed by atoms with Crippen LogP contribution < -0.4 is 0 Å². The molecule has 0 spiro atoms. The molecule has 1 atom stereocenters. The fourth-order valence-electron chi connectivity index (χ4n) is 2.59. The Morgan fingerprint density at radius 3 is 2.50 bits per heavy atom. The van der Waals surface area contributed by atoms with Gasteiger partial charge in [0.1, 0.15) is 0 Å². The molecule has 22 heavy (non-hydrogen) atoms. The Morgan fingerprint density at radius 2 is 1.91 bits per heavy atom. The molecule has 0 heterocycles. The van der Waals surface area contributed by atoms with Crippen LogP contribution in [0.25, 0.3) is 0 Å². The van der Waals surface area contributed by atoms with Crippen molar-refractivity contribution < 1.29 is 28.6 Å². The number of hydrogen-bond donors (Lipinski definition) is 2.